The van der Waals surface area contributed by atoms with Crippen molar-refractivity contribution in [2.75, 3.05) is 24.5 Å². The summed E-state index contributed by atoms with van der Waals surface area (Å²) < 4.78 is 34.7. The zero-order valence-corrected chi connectivity index (χ0v) is 26.0. The number of hydrogen-bond donors (Lipinski definition) is 1. The highest BCUT2D eigenvalue weighted by Crippen LogP contribution is 2.31. The SMILES string of the molecule is CCCNC(=O)[C@H](C)N(Cc1ccccc1Cl)C(=O)CN(c1ccc(C)cc1)S(=O)(=O)c1ccc(OC)c(Br)c1. The molecule has 8 nitrogen and oxygen atoms in total. The third-order valence-corrected chi connectivity index (χ3v) is 9.09. The van der Waals surface area contributed by atoms with Crippen molar-refractivity contribution in [3.8, 4) is 5.75 Å². The van der Waals surface area contributed by atoms with Gasteiger partial charge in [0.05, 0.1) is 22.2 Å². The maximum atomic E-state index is 14.0. The average molecular weight is 651 g/mol. The molecule has 0 bridgehead atoms. The maximum Gasteiger partial charge on any atom is 0.264 e. The lowest BCUT2D eigenvalue weighted by Crippen LogP contribution is -2.51. The molecule has 0 aromatic heterocycles. The third-order valence-electron chi connectivity index (χ3n) is 6.33. The van der Waals surface area contributed by atoms with Gasteiger partial charge in [-0.05, 0) is 78.2 Å². The Morgan fingerprint density at radius 1 is 1.07 bits per heavy atom. The highest BCUT2D eigenvalue weighted by Gasteiger charge is 2.33. The van der Waals surface area contributed by atoms with E-state index in [1.54, 1.807) is 55.5 Å². The van der Waals surface area contributed by atoms with E-state index < -0.39 is 28.5 Å². The van der Waals surface area contributed by atoms with Crippen LogP contribution in [0.15, 0.2) is 76.1 Å². The molecule has 0 radical (unpaired) electrons. The van der Waals surface area contributed by atoms with Gasteiger partial charge in [0.25, 0.3) is 10.0 Å². The van der Waals surface area contributed by atoms with Crippen LogP contribution >= 0.6 is 27.5 Å². The largest absolute Gasteiger partial charge is 0.496 e. The minimum Gasteiger partial charge on any atom is -0.496 e. The van der Waals surface area contributed by atoms with Crippen LogP contribution in [-0.2, 0) is 26.2 Å². The van der Waals surface area contributed by atoms with Gasteiger partial charge in [0.1, 0.15) is 18.3 Å². The molecular formula is C29H33BrClN3O5S. The number of aryl methyl sites for hydroxylation is 1. The minimum absolute atomic E-state index is 0.0229. The Kier molecular flexibility index (Phi) is 11.0. The lowest BCUT2D eigenvalue weighted by atomic mass is 10.1. The second-order valence-electron chi connectivity index (χ2n) is 9.22. The van der Waals surface area contributed by atoms with Crippen molar-refractivity contribution in [2.24, 2.45) is 0 Å². The molecule has 0 aliphatic rings. The summed E-state index contributed by atoms with van der Waals surface area (Å²) in [6, 6.07) is 17.4. The Bertz CT molecular complexity index is 1450. The number of sulfonamides is 1. The van der Waals surface area contributed by atoms with Gasteiger partial charge in [0.15, 0.2) is 0 Å². The van der Waals surface area contributed by atoms with Crippen LogP contribution in [-0.4, -0.2) is 51.4 Å². The molecule has 0 spiro atoms. The number of nitrogens with one attached hydrogen (secondary N) is 1. The maximum absolute atomic E-state index is 14.0. The predicted molar refractivity (Wildman–Crippen MR) is 161 cm³/mol. The molecule has 0 heterocycles. The van der Waals surface area contributed by atoms with Crippen LogP contribution < -0.4 is 14.4 Å². The number of anilines is 1. The number of benzene rings is 3. The molecule has 0 unspecified atom stereocenters. The van der Waals surface area contributed by atoms with E-state index in [9.17, 15) is 18.0 Å². The lowest BCUT2D eigenvalue weighted by molar-refractivity contribution is -0.139. The van der Waals surface area contributed by atoms with Crippen molar-refractivity contribution in [2.45, 2.75) is 44.7 Å². The molecule has 2 amide bonds. The molecule has 0 fully saturated rings. The van der Waals surface area contributed by atoms with Gasteiger partial charge < -0.3 is 15.0 Å². The zero-order valence-electron chi connectivity index (χ0n) is 22.9. The monoisotopic (exact) mass is 649 g/mol. The number of amides is 2. The van der Waals surface area contributed by atoms with Crippen molar-refractivity contribution in [3.05, 3.63) is 87.4 Å². The first-order chi connectivity index (χ1) is 19.0. The van der Waals surface area contributed by atoms with Gasteiger partial charge >= 0.3 is 0 Å². The van der Waals surface area contributed by atoms with E-state index in [0.717, 1.165) is 16.3 Å². The van der Waals surface area contributed by atoms with E-state index in [-0.39, 0.29) is 17.3 Å². The van der Waals surface area contributed by atoms with Gasteiger partial charge in [-0.1, -0.05) is 54.4 Å². The number of ether oxygens (including phenoxy) is 1. The van der Waals surface area contributed by atoms with Gasteiger partial charge in [0.2, 0.25) is 11.8 Å². The Hall–Kier alpha value is -3.08. The number of carbonyl (C=O) groups excluding carboxylic acids is 2. The average Bonchev–Trinajstić information content (AvgIpc) is 2.94. The van der Waals surface area contributed by atoms with Gasteiger partial charge in [-0.3, -0.25) is 13.9 Å². The van der Waals surface area contributed by atoms with E-state index in [1.807, 2.05) is 13.8 Å². The summed E-state index contributed by atoms with van der Waals surface area (Å²) in [7, 11) is -2.73. The molecule has 11 heteroatoms. The first kappa shape index (κ1) is 31.4. The first-order valence-corrected chi connectivity index (χ1v) is 15.3. The molecular weight excluding hydrogens is 618 g/mol. The number of methoxy groups -OCH3 is 1. The van der Waals surface area contributed by atoms with E-state index in [4.69, 9.17) is 16.3 Å². The quantitative estimate of drug-likeness (QED) is 0.277. The molecule has 3 rings (SSSR count). The predicted octanol–water partition coefficient (Wildman–Crippen LogP) is 5.56. The van der Waals surface area contributed by atoms with Crippen molar-refractivity contribution < 1.29 is 22.7 Å². The molecule has 3 aromatic rings. The summed E-state index contributed by atoms with van der Waals surface area (Å²) in [6.07, 6.45) is 0.730. The highest BCUT2D eigenvalue weighted by atomic mass is 79.9. The number of carbonyl (C=O) groups is 2. The van der Waals surface area contributed by atoms with Crippen LogP contribution in [0, 0.1) is 6.92 Å². The zero-order chi connectivity index (χ0) is 29.4. The van der Waals surface area contributed by atoms with E-state index in [2.05, 4.69) is 21.2 Å². The molecule has 0 aliphatic carbocycles. The van der Waals surface area contributed by atoms with Gasteiger partial charge in [0, 0.05) is 18.1 Å². The third kappa shape index (κ3) is 7.56. The Morgan fingerprint density at radius 3 is 2.35 bits per heavy atom. The van der Waals surface area contributed by atoms with E-state index in [1.165, 1.54) is 30.2 Å². The normalized spacial score (nSPS) is 11.9. The van der Waals surface area contributed by atoms with Crippen LogP contribution in [0.2, 0.25) is 5.02 Å². The van der Waals surface area contributed by atoms with Crippen LogP contribution in [0.4, 0.5) is 5.69 Å². The van der Waals surface area contributed by atoms with Crippen molar-refractivity contribution in [3.63, 3.8) is 0 Å². The van der Waals surface area contributed by atoms with Crippen LogP contribution in [0.25, 0.3) is 0 Å². The molecule has 3 aromatic carbocycles. The number of rotatable bonds is 12. The summed E-state index contributed by atoms with van der Waals surface area (Å²) in [4.78, 5) is 28.2. The minimum atomic E-state index is -4.21. The molecule has 0 saturated carbocycles. The van der Waals surface area contributed by atoms with Gasteiger partial charge in [-0.15, -0.1) is 0 Å². The highest BCUT2D eigenvalue weighted by molar-refractivity contribution is 9.10. The van der Waals surface area contributed by atoms with E-state index >= 15 is 0 Å². The van der Waals surface area contributed by atoms with Gasteiger partial charge in [-0.25, -0.2) is 8.42 Å². The standard InChI is InChI=1S/C29H33BrClN3O5S/c1-5-16-32-29(36)21(3)33(18-22-8-6-7-9-26(22)31)28(35)19-34(23-12-10-20(2)11-13-23)40(37,38)24-14-15-27(39-4)25(30)17-24/h6-15,17,21H,5,16,18-19H2,1-4H3,(H,32,36)/t21-/m0/s1. The first-order valence-electron chi connectivity index (χ1n) is 12.7. The van der Waals surface area contributed by atoms with E-state index in [0.29, 0.717) is 33.0 Å². The summed E-state index contributed by atoms with van der Waals surface area (Å²) in [5.74, 6) is -0.434. The van der Waals surface area contributed by atoms with Crippen LogP contribution in [0.1, 0.15) is 31.4 Å². The Morgan fingerprint density at radius 2 is 1.75 bits per heavy atom. The molecule has 1 atom stereocenters. The fourth-order valence-corrected chi connectivity index (χ4v) is 6.29. The second-order valence-corrected chi connectivity index (χ2v) is 12.3. The lowest BCUT2D eigenvalue weighted by Gasteiger charge is -2.32. The summed E-state index contributed by atoms with van der Waals surface area (Å²) >= 11 is 9.74. The van der Waals surface area contributed by atoms with Crippen LogP contribution in [0.5, 0.6) is 5.75 Å². The summed E-state index contributed by atoms with van der Waals surface area (Å²) in [6.45, 7) is 5.37. The topological polar surface area (TPSA) is 96.0 Å². The fraction of sp³-hybridized carbons (Fsp3) is 0.310. The van der Waals surface area contributed by atoms with Crippen molar-refractivity contribution >= 4 is 55.1 Å². The summed E-state index contributed by atoms with van der Waals surface area (Å²) in [5, 5.41) is 3.26. The van der Waals surface area contributed by atoms with Crippen LogP contribution in [0.3, 0.4) is 0 Å². The molecule has 1 N–H and O–H groups in total. The van der Waals surface area contributed by atoms with Crippen molar-refractivity contribution in [1.29, 1.82) is 0 Å². The molecule has 0 aliphatic heterocycles. The van der Waals surface area contributed by atoms with Gasteiger partial charge in [-0.2, -0.15) is 0 Å². The van der Waals surface area contributed by atoms with Crippen molar-refractivity contribution in [1.82, 2.24) is 10.2 Å². The number of nitrogens with zero attached hydrogens (tertiary/aromatic N) is 2. The smallest absolute Gasteiger partial charge is 0.264 e. The molecule has 214 valence electrons. The second kappa shape index (κ2) is 14.0. The molecule has 40 heavy (non-hydrogen) atoms. The number of halogens is 2. The summed E-state index contributed by atoms with van der Waals surface area (Å²) in [5.41, 5.74) is 1.88. The Labute approximate surface area is 249 Å². The fourth-order valence-electron chi connectivity index (χ4n) is 3.96. The Balaban J connectivity index is 2.05. The molecule has 0 saturated heterocycles. The number of hydrogen-bond acceptors (Lipinski definition) is 5.